The minimum Gasteiger partial charge on any atom is -0.399 e. The molecule has 2 N–H and O–H groups in total. The van der Waals surface area contributed by atoms with Crippen LogP contribution in [-0.4, -0.2) is 5.78 Å². The zero-order chi connectivity index (χ0) is 13.1. The van der Waals surface area contributed by atoms with Crippen LogP contribution in [0.25, 0.3) is 0 Å². The first kappa shape index (κ1) is 12.7. The van der Waals surface area contributed by atoms with E-state index in [0.29, 0.717) is 22.7 Å². The van der Waals surface area contributed by atoms with Crippen molar-refractivity contribution in [1.29, 1.82) is 0 Å². The number of nitrogens with two attached hydrogens (primary N) is 1. The van der Waals surface area contributed by atoms with Gasteiger partial charge in [-0.1, -0.05) is 35.9 Å². The van der Waals surface area contributed by atoms with Gasteiger partial charge in [-0.05, 0) is 36.2 Å². The topological polar surface area (TPSA) is 43.1 Å². The van der Waals surface area contributed by atoms with Crippen LogP contribution in [0.15, 0.2) is 42.5 Å². The number of nitrogen functional groups attached to an aromatic ring is 1. The molecule has 0 atom stereocenters. The molecular formula is C15H14ClNO. The molecule has 0 fully saturated rings. The van der Waals surface area contributed by atoms with Crippen molar-refractivity contribution in [3.05, 3.63) is 64.2 Å². The van der Waals surface area contributed by atoms with Crippen LogP contribution in [0.2, 0.25) is 5.02 Å². The molecule has 0 spiro atoms. The third-order valence-corrected chi connectivity index (χ3v) is 3.22. The van der Waals surface area contributed by atoms with Crippen molar-refractivity contribution in [1.82, 2.24) is 0 Å². The molecule has 0 radical (unpaired) electrons. The lowest BCUT2D eigenvalue weighted by atomic mass is 10.0. The van der Waals surface area contributed by atoms with Gasteiger partial charge in [-0.25, -0.2) is 0 Å². The average molecular weight is 260 g/mol. The SMILES string of the molecule is Cc1ccc(C(=O)Cc2cccc(N)c2)cc1Cl. The molecule has 0 aliphatic rings. The zero-order valence-electron chi connectivity index (χ0n) is 10.1. The smallest absolute Gasteiger partial charge is 0.167 e. The van der Waals surface area contributed by atoms with Crippen LogP contribution in [0.5, 0.6) is 0 Å². The Balaban J connectivity index is 2.19. The van der Waals surface area contributed by atoms with E-state index in [0.717, 1.165) is 11.1 Å². The average Bonchev–Trinajstić information content (AvgIpc) is 2.32. The fourth-order valence-corrected chi connectivity index (χ4v) is 1.94. The van der Waals surface area contributed by atoms with E-state index in [1.165, 1.54) is 0 Å². The first-order chi connectivity index (χ1) is 8.56. The lowest BCUT2D eigenvalue weighted by Gasteiger charge is -2.04. The number of carbonyl (C=O) groups is 1. The van der Waals surface area contributed by atoms with Crippen molar-refractivity contribution in [3.8, 4) is 0 Å². The largest absolute Gasteiger partial charge is 0.399 e. The lowest BCUT2D eigenvalue weighted by molar-refractivity contribution is 0.0993. The van der Waals surface area contributed by atoms with Gasteiger partial charge in [-0.3, -0.25) is 4.79 Å². The second-order valence-corrected chi connectivity index (χ2v) is 4.72. The van der Waals surface area contributed by atoms with Crippen LogP contribution in [0.3, 0.4) is 0 Å². The van der Waals surface area contributed by atoms with Gasteiger partial charge in [0.1, 0.15) is 0 Å². The van der Waals surface area contributed by atoms with Crippen LogP contribution in [0.1, 0.15) is 21.5 Å². The van der Waals surface area contributed by atoms with Crippen molar-refractivity contribution in [2.75, 3.05) is 5.73 Å². The monoisotopic (exact) mass is 259 g/mol. The van der Waals surface area contributed by atoms with Crippen LogP contribution in [0, 0.1) is 6.92 Å². The van der Waals surface area contributed by atoms with Gasteiger partial charge in [0.15, 0.2) is 5.78 Å². The van der Waals surface area contributed by atoms with Crippen LogP contribution in [-0.2, 0) is 6.42 Å². The van der Waals surface area contributed by atoms with Crippen LogP contribution in [0.4, 0.5) is 5.69 Å². The summed E-state index contributed by atoms with van der Waals surface area (Å²) in [6.45, 7) is 1.91. The fraction of sp³-hybridized carbons (Fsp3) is 0.133. The molecule has 3 heteroatoms. The van der Waals surface area contributed by atoms with Gasteiger partial charge in [0.2, 0.25) is 0 Å². The normalized spacial score (nSPS) is 10.3. The maximum absolute atomic E-state index is 12.1. The van der Waals surface area contributed by atoms with E-state index in [-0.39, 0.29) is 5.78 Å². The van der Waals surface area contributed by atoms with Gasteiger partial charge in [0.05, 0.1) is 0 Å². The number of carbonyl (C=O) groups excluding carboxylic acids is 1. The van der Waals surface area contributed by atoms with E-state index in [1.54, 1.807) is 18.2 Å². The van der Waals surface area contributed by atoms with E-state index < -0.39 is 0 Å². The number of rotatable bonds is 3. The predicted octanol–water partition coefficient (Wildman–Crippen LogP) is 3.66. The van der Waals surface area contributed by atoms with E-state index in [4.69, 9.17) is 17.3 Å². The molecule has 0 unspecified atom stereocenters. The number of anilines is 1. The maximum Gasteiger partial charge on any atom is 0.167 e. The summed E-state index contributed by atoms with van der Waals surface area (Å²) in [5.74, 6) is 0.0440. The third kappa shape index (κ3) is 2.90. The second kappa shape index (κ2) is 5.23. The van der Waals surface area contributed by atoms with Gasteiger partial charge in [-0.2, -0.15) is 0 Å². The highest BCUT2D eigenvalue weighted by Gasteiger charge is 2.08. The zero-order valence-corrected chi connectivity index (χ0v) is 10.9. The number of ketones is 1. The molecule has 2 aromatic carbocycles. The Kier molecular flexibility index (Phi) is 3.68. The van der Waals surface area contributed by atoms with Crippen molar-refractivity contribution in [2.24, 2.45) is 0 Å². The van der Waals surface area contributed by atoms with Gasteiger partial charge in [-0.15, -0.1) is 0 Å². The summed E-state index contributed by atoms with van der Waals surface area (Å²) < 4.78 is 0. The molecule has 0 aliphatic heterocycles. The number of aryl methyl sites for hydroxylation is 1. The van der Waals surface area contributed by atoms with Crippen molar-refractivity contribution in [3.63, 3.8) is 0 Å². The standard InChI is InChI=1S/C15H14ClNO/c1-10-5-6-12(9-14(10)16)15(18)8-11-3-2-4-13(17)7-11/h2-7,9H,8,17H2,1H3. The van der Waals surface area contributed by atoms with E-state index >= 15 is 0 Å². The van der Waals surface area contributed by atoms with Crippen LogP contribution < -0.4 is 5.73 Å². The number of hydrogen-bond acceptors (Lipinski definition) is 2. The molecule has 0 saturated carbocycles. The van der Waals surface area contributed by atoms with Crippen molar-refractivity contribution >= 4 is 23.1 Å². The van der Waals surface area contributed by atoms with Gasteiger partial charge < -0.3 is 5.73 Å². The number of Topliss-reactive ketones (excluding diaryl/α,β-unsaturated/α-hetero) is 1. The molecule has 0 aromatic heterocycles. The Morgan fingerprint density at radius 3 is 2.67 bits per heavy atom. The maximum atomic E-state index is 12.1. The van der Waals surface area contributed by atoms with Gasteiger partial charge in [0.25, 0.3) is 0 Å². The van der Waals surface area contributed by atoms with E-state index in [9.17, 15) is 4.79 Å². The van der Waals surface area contributed by atoms with E-state index in [1.807, 2.05) is 31.2 Å². The molecule has 0 bridgehead atoms. The highest BCUT2D eigenvalue weighted by molar-refractivity contribution is 6.31. The summed E-state index contributed by atoms with van der Waals surface area (Å²) in [5, 5.41) is 0.619. The number of halogens is 1. The quantitative estimate of drug-likeness (QED) is 0.675. The molecule has 0 aliphatic carbocycles. The predicted molar refractivity (Wildman–Crippen MR) is 75.1 cm³/mol. The molecule has 0 saturated heterocycles. The third-order valence-electron chi connectivity index (χ3n) is 2.81. The van der Waals surface area contributed by atoms with Gasteiger partial charge in [0, 0.05) is 22.7 Å². The molecule has 2 aromatic rings. The Morgan fingerprint density at radius 1 is 1.22 bits per heavy atom. The van der Waals surface area contributed by atoms with Crippen molar-refractivity contribution in [2.45, 2.75) is 13.3 Å². The lowest BCUT2D eigenvalue weighted by Crippen LogP contribution is -2.04. The summed E-state index contributed by atoms with van der Waals surface area (Å²) in [4.78, 5) is 12.1. The Labute approximate surface area is 111 Å². The Morgan fingerprint density at radius 2 is 2.00 bits per heavy atom. The Bertz CT molecular complexity index is 593. The summed E-state index contributed by atoms with van der Waals surface area (Å²) in [7, 11) is 0. The molecule has 18 heavy (non-hydrogen) atoms. The first-order valence-electron chi connectivity index (χ1n) is 5.70. The fourth-order valence-electron chi connectivity index (χ4n) is 1.76. The highest BCUT2D eigenvalue weighted by Crippen LogP contribution is 2.18. The highest BCUT2D eigenvalue weighted by atomic mass is 35.5. The number of benzene rings is 2. The summed E-state index contributed by atoms with van der Waals surface area (Å²) >= 11 is 6.01. The van der Waals surface area contributed by atoms with Crippen LogP contribution >= 0.6 is 11.6 Å². The Hall–Kier alpha value is -1.80. The minimum atomic E-state index is 0.0440. The summed E-state index contributed by atoms with van der Waals surface area (Å²) in [5.41, 5.74) is 8.87. The molecular weight excluding hydrogens is 246 g/mol. The molecule has 2 rings (SSSR count). The second-order valence-electron chi connectivity index (χ2n) is 4.31. The summed E-state index contributed by atoms with van der Waals surface area (Å²) in [6, 6.07) is 12.7. The first-order valence-corrected chi connectivity index (χ1v) is 6.08. The molecule has 0 heterocycles. The van der Waals surface area contributed by atoms with Crippen molar-refractivity contribution < 1.29 is 4.79 Å². The minimum absolute atomic E-state index is 0.0440. The summed E-state index contributed by atoms with van der Waals surface area (Å²) in [6.07, 6.45) is 0.338. The molecule has 2 nitrogen and oxygen atoms in total. The van der Waals surface area contributed by atoms with E-state index in [2.05, 4.69) is 0 Å². The molecule has 0 amide bonds. The van der Waals surface area contributed by atoms with Gasteiger partial charge >= 0.3 is 0 Å². The molecule has 92 valence electrons. The number of hydrogen-bond donors (Lipinski definition) is 1.